The minimum absolute atomic E-state index is 0.203. The smallest absolute Gasteiger partial charge is 0.147 e. The van der Waals surface area contributed by atoms with Gasteiger partial charge in [-0.1, -0.05) is 34.1 Å². The van der Waals surface area contributed by atoms with Crippen molar-refractivity contribution in [1.82, 2.24) is 0 Å². The molecule has 0 fully saturated rings. The average Bonchev–Trinajstić information content (AvgIpc) is 2.24. The van der Waals surface area contributed by atoms with Crippen LogP contribution in [0.1, 0.15) is 24.3 Å². The lowest BCUT2D eigenvalue weighted by Crippen LogP contribution is -2.07. The van der Waals surface area contributed by atoms with Gasteiger partial charge in [0, 0.05) is 22.4 Å². The monoisotopic (exact) mass is 338 g/mol. The highest BCUT2D eigenvalue weighted by Gasteiger charge is 2.14. The number of benzene rings is 1. The van der Waals surface area contributed by atoms with Crippen molar-refractivity contribution in [2.24, 2.45) is 0 Å². The zero-order valence-corrected chi connectivity index (χ0v) is 12.9. The molecule has 0 aliphatic carbocycles. The van der Waals surface area contributed by atoms with Crippen LogP contribution in [0.2, 0.25) is 0 Å². The topological polar surface area (TPSA) is 34.1 Å². The molecule has 0 aliphatic rings. The van der Waals surface area contributed by atoms with E-state index in [4.69, 9.17) is 11.6 Å². The lowest BCUT2D eigenvalue weighted by atomic mass is 9.96. The Morgan fingerprint density at radius 1 is 1.35 bits per heavy atom. The van der Waals surface area contributed by atoms with Gasteiger partial charge in [0.1, 0.15) is 9.84 Å². The maximum atomic E-state index is 11.1. The second-order valence-electron chi connectivity index (χ2n) is 4.14. The normalized spacial score (nSPS) is 13.6. The van der Waals surface area contributed by atoms with Crippen molar-refractivity contribution in [3.63, 3.8) is 0 Å². The van der Waals surface area contributed by atoms with Crippen LogP contribution in [0.4, 0.5) is 0 Å². The summed E-state index contributed by atoms with van der Waals surface area (Å²) < 4.78 is 23.2. The van der Waals surface area contributed by atoms with Crippen molar-refractivity contribution in [2.45, 2.75) is 18.8 Å². The Balaban J connectivity index is 2.64. The quantitative estimate of drug-likeness (QED) is 0.742. The van der Waals surface area contributed by atoms with Gasteiger partial charge in [-0.25, -0.2) is 8.42 Å². The van der Waals surface area contributed by atoms with Gasteiger partial charge >= 0.3 is 0 Å². The molecule has 2 nitrogen and oxygen atoms in total. The lowest BCUT2D eigenvalue weighted by molar-refractivity contribution is 0.592. The SMILES string of the molecule is CS(=O)(=O)CCCC(CCl)c1ccccc1Br. The Morgan fingerprint density at radius 2 is 2.00 bits per heavy atom. The molecular formula is C12H16BrClO2S. The van der Waals surface area contributed by atoms with Gasteiger partial charge in [0.15, 0.2) is 0 Å². The van der Waals surface area contributed by atoms with Crippen molar-refractivity contribution < 1.29 is 8.42 Å². The lowest BCUT2D eigenvalue weighted by Gasteiger charge is -2.15. The molecule has 0 radical (unpaired) electrons. The Labute approximate surface area is 116 Å². The van der Waals surface area contributed by atoms with Crippen LogP contribution in [0.5, 0.6) is 0 Å². The van der Waals surface area contributed by atoms with Gasteiger partial charge in [-0.2, -0.15) is 0 Å². The molecule has 1 aromatic carbocycles. The van der Waals surface area contributed by atoms with E-state index >= 15 is 0 Å². The second-order valence-corrected chi connectivity index (χ2v) is 7.57. The molecule has 0 saturated carbocycles. The van der Waals surface area contributed by atoms with Gasteiger partial charge in [-0.15, -0.1) is 11.6 Å². The van der Waals surface area contributed by atoms with E-state index in [-0.39, 0.29) is 11.7 Å². The van der Waals surface area contributed by atoms with Crippen LogP contribution in [0, 0.1) is 0 Å². The van der Waals surface area contributed by atoms with Crippen molar-refractivity contribution >= 4 is 37.4 Å². The van der Waals surface area contributed by atoms with Crippen molar-refractivity contribution in [1.29, 1.82) is 0 Å². The van der Waals surface area contributed by atoms with Crippen molar-refractivity contribution in [3.05, 3.63) is 34.3 Å². The second kappa shape index (κ2) is 6.76. The third-order valence-electron chi connectivity index (χ3n) is 2.60. The molecule has 1 unspecified atom stereocenters. The Kier molecular flexibility index (Phi) is 5.97. The van der Waals surface area contributed by atoms with Gasteiger partial charge in [-0.05, 0) is 30.4 Å². The zero-order valence-electron chi connectivity index (χ0n) is 9.70. The predicted molar refractivity (Wildman–Crippen MR) is 76.5 cm³/mol. The number of hydrogen-bond donors (Lipinski definition) is 0. The highest BCUT2D eigenvalue weighted by molar-refractivity contribution is 9.10. The summed E-state index contributed by atoms with van der Waals surface area (Å²) in [6, 6.07) is 7.93. The fraction of sp³-hybridized carbons (Fsp3) is 0.500. The minimum atomic E-state index is -2.88. The summed E-state index contributed by atoms with van der Waals surface area (Å²) in [5.41, 5.74) is 1.15. The molecule has 0 aromatic heterocycles. The first kappa shape index (κ1) is 15.0. The van der Waals surface area contributed by atoms with Gasteiger partial charge in [0.25, 0.3) is 0 Å². The first-order chi connectivity index (χ1) is 7.94. The van der Waals surface area contributed by atoms with E-state index in [1.807, 2.05) is 24.3 Å². The summed E-state index contributed by atoms with van der Waals surface area (Å²) in [6.07, 6.45) is 2.71. The highest BCUT2D eigenvalue weighted by Crippen LogP contribution is 2.29. The molecule has 1 aromatic rings. The molecule has 0 saturated heterocycles. The largest absolute Gasteiger partial charge is 0.229 e. The third kappa shape index (κ3) is 5.40. The van der Waals surface area contributed by atoms with Crippen LogP contribution in [0.3, 0.4) is 0 Å². The molecule has 17 heavy (non-hydrogen) atoms. The van der Waals surface area contributed by atoms with Gasteiger partial charge in [-0.3, -0.25) is 0 Å². The maximum absolute atomic E-state index is 11.1. The molecule has 5 heteroatoms. The summed E-state index contributed by atoms with van der Waals surface area (Å²) >= 11 is 9.45. The number of halogens is 2. The standard InChI is InChI=1S/C12H16BrClO2S/c1-17(15,16)8-4-5-10(9-14)11-6-2-3-7-12(11)13/h2-3,6-7,10H,4-5,8-9H2,1H3. The molecule has 0 amide bonds. The van der Waals surface area contributed by atoms with Crippen LogP contribution in [-0.2, 0) is 9.84 Å². The summed E-state index contributed by atoms with van der Waals surface area (Å²) in [6.45, 7) is 0. The van der Waals surface area contributed by atoms with Crippen LogP contribution in [-0.4, -0.2) is 26.3 Å². The number of alkyl halides is 1. The van der Waals surface area contributed by atoms with E-state index in [1.165, 1.54) is 6.26 Å². The van der Waals surface area contributed by atoms with E-state index in [0.717, 1.165) is 16.5 Å². The maximum Gasteiger partial charge on any atom is 0.147 e. The van der Waals surface area contributed by atoms with Crippen LogP contribution >= 0.6 is 27.5 Å². The van der Waals surface area contributed by atoms with Gasteiger partial charge in [0.05, 0.1) is 0 Å². The molecule has 0 heterocycles. The van der Waals surface area contributed by atoms with Gasteiger partial charge in [0.2, 0.25) is 0 Å². The molecule has 96 valence electrons. The molecule has 1 rings (SSSR count). The van der Waals surface area contributed by atoms with E-state index in [0.29, 0.717) is 12.3 Å². The first-order valence-electron chi connectivity index (χ1n) is 5.42. The Hall–Kier alpha value is -0.0600. The van der Waals surface area contributed by atoms with Crippen LogP contribution in [0.25, 0.3) is 0 Å². The summed E-state index contributed by atoms with van der Waals surface area (Å²) in [5.74, 6) is 0.936. The fourth-order valence-corrected chi connectivity index (χ4v) is 3.33. The Morgan fingerprint density at radius 3 is 2.53 bits per heavy atom. The Bertz CT molecular complexity index is 459. The minimum Gasteiger partial charge on any atom is -0.229 e. The van der Waals surface area contributed by atoms with Crippen LogP contribution < -0.4 is 0 Å². The number of hydrogen-bond acceptors (Lipinski definition) is 2. The van der Waals surface area contributed by atoms with Gasteiger partial charge < -0.3 is 0 Å². The predicted octanol–water partition coefficient (Wildman–Crippen LogP) is 3.60. The molecule has 1 atom stereocenters. The van der Waals surface area contributed by atoms with E-state index < -0.39 is 9.84 Å². The number of rotatable bonds is 6. The molecule has 0 aliphatic heterocycles. The molecule has 0 spiro atoms. The zero-order chi connectivity index (χ0) is 12.9. The fourth-order valence-electron chi connectivity index (χ4n) is 1.71. The van der Waals surface area contributed by atoms with Crippen molar-refractivity contribution in [2.75, 3.05) is 17.9 Å². The van der Waals surface area contributed by atoms with E-state index in [1.54, 1.807) is 0 Å². The van der Waals surface area contributed by atoms with Crippen molar-refractivity contribution in [3.8, 4) is 0 Å². The average molecular weight is 340 g/mol. The van der Waals surface area contributed by atoms with E-state index in [9.17, 15) is 8.42 Å². The molecule has 0 N–H and O–H groups in total. The molecule has 0 bridgehead atoms. The van der Waals surface area contributed by atoms with Crippen LogP contribution in [0.15, 0.2) is 28.7 Å². The molecular weight excluding hydrogens is 324 g/mol. The summed E-state index contributed by atoms with van der Waals surface area (Å²) in [4.78, 5) is 0. The van der Waals surface area contributed by atoms with E-state index in [2.05, 4.69) is 15.9 Å². The third-order valence-corrected chi connectivity index (χ3v) is 4.72. The summed E-state index contributed by atoms with van der Waals surface area (Å²) in [7, 11) is -2.88. The first-order valence-corrected chi connectivity index (χ1v) is 8.81. The number of sulfone groups is 1. The summed E-state index contributed by atoms with van der Waals surface area (Å²) in [5, 5.41) is 0. The highest BCUT2D eigenvalue weighted by atomic mass is 79.9.